The van der Waals surface area contributed by atoms with Crippen molar-refractivity contribution in [1.82, 2.24) is 0 Å². The zero-order chi connectivity index (χ0) is 37.5. The maximum Gasteiger partial charge on any atom is 0.312 e. The molecular weight excluding hydrogens is 672 g/mol. The highest BCUT2D eigenvalue weighted by molar-refractivity contribution is 5.83. The summed E-state index contributed by atoms with van der Waals surface area (Å²) < 4.78 is 25.5. The first kappa shape index (κ1) is 36.5. The fourth-order valence-corrected chi connectivity index (χ4v) is 15.3. The molecule has 11 fully saturated rings. The average Bonchev–Trinajstić information content (AvgIpc) is 3.72. The van der Waals surface area contributed by atoms with E-state index in [4.69, 9.17) is 18.9 Å². The molecule has 1 heterocycles. The van der Waals surface area contributed by atoms with Crippen molar-refractivity contribution >= 4 is 23.9 Å². The molecule has 53 heavy (non-hydrogen) atoms. The smallest absolute Gasteiger partial charge is 0.312 e. The Hall–Kier alpha value is -2.16. The Morgan fingerprint density at radius 1 is 0.717 bits per heavy atom. The molecular formula is C44H64O9. The van der Waals surface area contributed by atoms with E-state index in [1.165, 1.54) is 6.42 Å². The van der Waals surface area contributed by atoms with E-state index in [9.17, 15) is 19.5 Å². The molecule has 0 aromatic heterocycles. The summed E-state index contributed by atoms with van der Waals surface area (Å²) in [7, 11) is 0. The van der Waals surface area contributed by atoms with Crippen LogP contribution < -0.4 is 0 Å². The molecule has 9 nitrogen and oxygen atoms in total. The van der Waals surface area contributed by atoms with Crippen LogP contribution in [-0.2, 0) is 38.1 Å². The topological polar surface area (TPSA) is 125 Å². The van der Waals surface area contributed by atoms with E-state index in [-0.39, 0.29) is 78.5 Å². The van der Waals surface area contributed by atoms with Crippen LogP contribution in [0.3, 0.4) is 0 Å². The predicted molar refractivity (Wildman–Crippen MR) is 194 cm³/mol. The Labute approximate surface area is 315 Å². The SMILES string of the molecule is CCC(C)(CC(C)(CC(C)(C)C(=O)OC1C2CC3CC1CC(O)(C3)C2)C(=O)OC1(CC)C2CC3CC(C2)CC1C3)C(=O)OC1C2CC3C(=O)OC1C3C2. The van der Waals surface area contributed by atoms with Gasteiger partial charge in [-0.2, -0.15) is 0 Å². The highest BCUT2D eigenvalue weighted by Gasteiger charge is 2.65. The number of carbonyl (C=O) groups excluding carboxylic acids is 4. The number of esters is 4. The van der Waals surface area contributed by atoms with E-state index in [2.05, 4.69) is 6.92 Å². The van der Waals surface area contributed by atoms with Gasteiger partial charge >= 0.3 is 23.9 Å². The van der Waals surface area contributed by atoms with Gasteiger partial charge in [-0.15, -0.1) is 0 Å². The molecule has 11 aliphatic rings. The van der Waals surface area contributed by atoms with Crippen LogP contribution in [0.1, 0.15) is 144 Å². The molecule has 10 bridgehead atoms. The second-order valence-electron chi connectivity index (χ2n) is 21.6. The minimum atomic E-state index is -1.19. The second kappa shape index (κ2) is 12.2. The number of rotatable bonds is 12. The minimum Gasteiger partial charge on any atom is -0.461 e. The summed E-state index contributed by atoms with van der Waals surface area (Å²) in [5.74, 6) is 1.97. The van der Waals surface area contributed by atoms with E-state index < -0.39 is 33.6 Å². The van der Waals surface area contributed by atoms with Gasteiger partial charge in [0, 0.05) is 11.8 Å². The van der Waals surface area contributed by atoms with E-state index in [1.807, 2.05) is 34.6 Å². The van der Waals surface area contributed by atoms with Crippen molar-refractivity contribution in [2.75, 3.05) is 0 Å². The lowest BCUT2D eigenvalue weighted by Gasteiger charge is -2.60. The molecule has 0 aromatic carbocycles. The van der Waals surface area contributed by atoms with Crippen LogP contribution in [0.2, 0.25) is 0 Å². The van der Waals surface area contributed by atoms with Crippen LogP contribution in [-0.4, -0.2) is 58.5 Å². The van der Waals surface area contributed by atoms with Gasteiger partial charge in [0.05, 0.1) is 27.8 Å². The first-order valence-electron chi connectivity index (χ1n) is 21.6. The van der Waals surface area contributed by atoms with Crippen LogP contribution in [0.15, 0.2) is 0 Å². The zero-order valence-electron chi connectivity index (χ0n) is 33.0. The molecule has 9 heteroatoms. The standard InChI is InChI=1S/C44H64O9/c1-7-41(5,38(47)52-34-26-16-31-32(17-26)36(45)50-35(31)34)22-42(6,39(48)53-44(8-2)29-12-23-9-24(14-29)15-30(44)13-23)21-40(3,4)37(46)51-33-27-10-25-11-28(33)20-43(49,18-25)19-27/h23-35,49H,7-22H2,1-6H3. The molecule has 11 rings (SSSR count). The Bertz CT molecular complexity index is 1510. The minimum absolute atomic E-state index is 0.0720. The number of carbonyl (C=O) groups is 4. The molecule has 1 saturated heterocycles. The first-order chi connectivity index (χ1) is 25.0. The van der Waals surface area contributed by atoms with E-state index in [0.29, 0.717) is 43.4 Å². The van der Waals surface area contributed by atoms with Crippen LogP contribution in [0.5, 0.6) is 0 Å². The number of fused-ring (bicyclic) bond motifs is 1. The van der Waals surface area contributed by atoms with E-state index >= 15 is 4.79 Å². The predicted octanol–water partition coefficient (Wildman–Crippen LogP) is 7.34. The highest BCUT2D eigenvalue weighted by atomic mass is 16.6. The monoisotopic (exact) mass is 736 g/mol. The lowest BCUT2D eigenvalue weighted by molar-refractivity contribution is -0.223. The quantitative estimate of drug-likeness (QED) is 0.162. The molecule has 9 unspecified atom stereocenters. The number of aliphatic hydroxyl groups is 1. The third-order valence-corrected chi connectivity index (χ3v) is 17.3. The van der Waals surface area contributed by atoms with Gasteiger partial charge in [-0.1, -0.05) is 13.8 Å². The molecule has 10 aliphatic carbocycles. The largest absolute Gasteiger partial charge is 0.461 e. The molecule has 1 aliphatic heterocycles. The van der Waals surface area contributed by atoms with Gasteiger partial charge < -0.3 is 24.1 Å². The van der Waals surface area contributed by atoms with Gasteiger partial charge in [0.15, 0.2) is 0 Å². The molecule has 0 aromatic rings. The van der Waals surface area contributed by atoms with Gasteiger partial charge in [-0.3, -0.25) is 19.2 Å². The fraction of sp³-hybridized carbons (Fsp3) is 0.909. The van der Waals surface area contributed by atoms with Crippen molar-refractivity contribution in [3.8, 4) is 0 Å². The first-order valence-corrected chi connectivity index (χ1v) is 21.6. The molecule has 0 radical (unpaired) electrons. The summed E-state index contributed by atoms with van der Waals surface area (Å²) in [4.78, 5) is 56.4. The average molecular weight is 737 g/mol. The van der Waals surface area contributed by atoms with Crippen molar-refractivity contribution in [3.63, 3.8) is 0 Å². The summed E-state index contributed by atoms with van der Waals surface area (Å²) >= 11 is 0. The maximum absolute atomic E-state index is 15.1. The van der Waals surface area contributed by atoms with Crippen molar-refractivity contribution < 1.29 is 43.2 Å². The van der Waals surface area contributed by atoms with Crippen molar-refractivity contribution in [2.45, 2.75) is 174 Å². The number of ether oxygens (including phenoxy) is 4. The van der Waals surface area contributed by atoms with E-state index in [1.54, 1.807) is 0 Å². The second-order valence-corrected chi connectivity index (χ2v) is 21.6. The van der Waals surface area contributed by atoms with Gasteiger partial charge in [0.1, 0.15) is 23.9 Å². The zero-order valence-corrected chi connectivity index (χ0v) is 33.0. The van der Waals surface area contributed by atoms with Crippen LogP contribution in [0.25, 0.3) is 0 Å². The lowest BCUT2D eigenvalue weighted by atomic mass is 9.49. The molecule has 0 amide bonds. The summed E-state index contributed by atoms with van der Waals surface area (Å²) in [5, 5.41) is 11.2. The van der Waals surface area contributed by atoms with Crippen molar-refractivity contribution in [3.05, 3.63) is 0 Å². The summed E-state index contributed by atoms with van der Waals surface area (Å²) in [6, 6.07) is 0. The molecule has 0 spiro atoms. The Balaban J connectivity index is 0.976. The number of hydrogen-bond acceptors (Lipinski definition) is 9. The summed E-state index contributed by atoms with van der Waals surface area (Å²) in [6.07, 6.45) is 12.0. The third-order valence-electron chi connectivity index (χ3n) is 17.3. The fourth-order valence-electron chi connectivity index (χ4n) is 15.3. The summed E-state index contributed by atoms with van der Waals surface area (Å²) in [5.41, 5.74) is -4.42. The maximum atomic E-state index is 15.1. The highest BCUT2D eigenvalue weighted by Crippen LogP contribution is 2.62. The van der Waals surface area contributed by atoms with Crippen LogP contribution in [0, 0.1) is 75.4 Å². The molecule has 1 N–H and O–H groups in total. The third kappa shape index (κ3) is 5.67. The Morgan fingerprint density at radius 3 is 1.92 bits per heavy atom. The van der Waals surface area contributed by atoms with Gasteiger partial charge in [0.2, 0.25) is 0 Å². The molecule has 294 valence electrons. The van der Waals surface area contributed by atoms with Gasteiger partial charge in [0.25, 0.3) is 0 Å². The van der Waals surface area contributed by atoms with Gasteiger partial charge in [-0.25, -0.2) is 0 Å². The Kier molecular flexibility index (Phi) is 8.38. The summed E-state index contributed by atoms with van der Waals surface area (Å²) in [6.45, 7) is 11.7. The molecule has 9 atom stereocenters. The van der Waals surface area contributed by atoms with Gasteiger partial charge in [-0.05, 0) is 172 Å². The van der Waals surface area contributed by atoms with Crippen LogP contribution >= 0.6 is 0 Å². The van der Waals surface area contributed by atoms with Crippen molar-refractivity contribution in [1.29, 1.82) is 0 Å². The Morgan fingerprint density at radius 2 is 1.34 bits per heavy atom. The number of hydrogen-bond donors (Lipinski definition) is 1. The molecule has 10 saturated carbocycles. The van der Waals surface area contributed by atoms with Crippen LogP contribution in [0.4, 0.5) is 0 Å². The lowest BCUT2D eigenvalue weighted by Crippen LogP contribution is -2.60. The van der Waals surface area contributed by atoms with E-state index in [0.717, 1.165) is 69.6 Å². The van der Waals surface area contributed by atoms with Crippen molar-refractivity contribution in [2.24, 2.45) is 75.4 Å². The normalized spacial score (nSPS) is 47.6.